The van der Waals surface area contributed by atoms with E-state index in [4.69, 9.17) is 5.73 Å². The van der Waals surface area contributed by atoms with Gasteiger partial charge in [-0.15, -0.1) is 24.8 Å². The molecule has 0 fully saturated rings. The average molecular weight is 283 g/mol. The van der Waals surface area contributed by atoms with Crippen LogP contribution in [0.3, 0.4) is 0 Å². The van der Waals surface area contributed by atoms with Gasteiger partial charge in [0.2, 0.25) is 5.91 Å². The van der Waals surface area contributed by atoms with Crippen molar-refractivity contribution in [3.8, 4) is 0 Å². The number of nitrogens with one attached hydrogen (secondary N) is 1. The molecular weight excluding hydrogens is 263 g/mol. The molecule has 0 radical (unpaired) electrons. The zero-order valence-corrected chi connectivity index (χ0v) is 11.7. The van der Waals surface area contributed by atoms with Crippen LogP contribution in [0.1, 0.15) is 12.7 Å². The number of aromatic nitrogens is 2. The standard InChI is InChI=1S/C10H18N4O.2ClH/c1-8(7-11)10(15)13-4-6-14-5-3-12-9(14)2;;/h3,5,8H,4,6-7,11H2,1-2H3,(H,13,15);2*1H. The second-order valence-electron chi connectivity index (χ2n) is 3.60. The van der Waals surface area contributed by atoms with Crippen molar-refractivity contribution in [3.63, 3.8) is 0 Å². The maximum absolute atomic E-state index is 11.4. The highest BCUT2D eigenvalue weighted by Gasteiger charge is 2.09. The zero-order chi connectivity index (χ0) is 11.3. The van der Waals surface area contributed by atoms with E-state index < -0.39 is 0 Å². The van der Waals surface area contributed by atoms with Gasteiger partial charge >= 0.3 is 0 Å². The van der Waals surface area contributed by atoms with Gasteiger partial charge in [-0.05, 0) is 6.92 Å². The van der Waals surface area contributed by atoms with Gasteiger partial charge in [0.05, 0.1) is 0 Å². The number of rotatable bonds is 5. The van der Waals surface area contributed by atoms with Crippen molar-refractivity contribution in [1.29, 1.82) is 0 Å². The number of amides is 1. The summed E-state index contributed by atoms with van der Waals surface area (Å²) in [4.78, 5) is 15.5. The van der Waals surface area contributed by atoms with E-state index in [1.807, 2.05) is 24.6 Å². The Morgan fingerprint density at radius 3 is 2.71 bits per heavy atom. The molecule has 1 rings (SSSR count). The Hall–Kier alpha value is -0.780. The minimum Gasteiger partial charge on any atom is -0.354 e. The molecule has 0 saturated carbocycles. The van der Waals surface area contributed by atoms with Crippen molar-refractivity contribution in [1.82, 2.24) is 14.9 Å². The third-order valence-electron chi connectivity index (χ3n) is 2.38. The van der Waals surface area contributed by atoms with Gasteiger partial charge in [-0.3, -0.25) is 4.79 Å². The van der Waals surface area contributed by atoms with Gasteiger partial charge < -0.3 is 15.6 Å². The fourth-order valence-electron chi connectivity index (χ4n) is 1.22. The molecule has 1 unspecified atom stereocenters. The van der Waals surface area contributed by atoms with Crippen LogP contribution in [0.25, 0.3) is 0 Å². The van der Waals surface area contributed by atoms with E-state index in [1.165, 1.54) is 0 Å². The highest BCUT2D eigenvalue weighted by atomic mass is 35.5. The highest BCUT2D eigenvalue weighted by Crippen LogP contribution is 1.94. The van der Waals surface area contributed by atoms with Crippen molar-refractivity contribution in [2.75, 3.05) is 13.1 Å². The van der Waals surface area contributed by atoms with Crippen LogP contribution < -0.4 is 11.1 Å². The summed E-state index contributed by atoms with van der Waals surface area (Å²) in [5.41, 5.74) is 5.39. The SMILES string of the molecule is Cc1nccn1CCNC(=O)C(C)CN.Cl.Cl. The first-order chi connectivity index (χ1) is 7.15. The second kappa shape index (κ2) is 9.27. The predicted octanol–water partition coefficient (Wildman–Crippen LogP) is 0.746. The molecule has 0 aliphatic rings. The fraction of sp³-hybridized carbons (Fsp3) is 0.600. The molecule has 1 aromatic rings. The number of aryl methyl sites for hydroxylation is 1. The van der Waals surface area contributed by atoms with Crippen LogP contribution in [0.5, 0.6) is 0 Å². The largest absolute Gasteiger partial charge is 0.354 e. The Bertz CT molecular complexity index is 330. The summed E-state index contributed by atoms with van der Waals surface area (Å²) in [7, 11) is 0. The fourth-order valence-corrected chi connectivity index (χ4v) is 1.22. The van der Waals surface area contributed by atoms with Gasteiger partial charge in [0, 0.05) is 37.9 Å². The predicted molar refractivity (Wildman–Crippen MR) is 72.7 cm³/mol. The topological polar surface area (TPSA) is 72.9 Å². The quantitative estimate of drug-likeness (QED) is 0.837. The Morgan fingerprint density at radius 2 is 2.24 bits per heavy atom. The van der Waals surface area contributed by atoms with Crippen LogP contribution >= 0.6 is 24.8 Å². The minimum atomic E-state index is -0.117. The molecule has 0 saturated heterocycles. The number of imidazole rings is 1. The molecular formula is C10H20Cl2N4O. The average Bonchev–Trinajstić information content (AvgIpc) is 2.63. The molecule has 5 nitrogen and oxygen atoms in total. The molecule has 0 aliphatic carbocycles. The van der Waals surface area contributed by atoms with Crippen molar-refractivity contribution in [3.05, 3.63) is 18.2 Å². The first kappa shape index (κ1) is 18.6. The summed E-state index contributed by atoms with van der Waals surface area (Å²) in [5, 5.41) is 2.83. The lowest BCUT2D eigenvalue weighted by Crippen LogP contribution is -2.35. The van der Waals surface area contributed by atoms with E-state index in [1.54, 1.807) is 6.20 Å². The van der Waals surface area contributed by atoms with Crippen LogP contribution in [0.4, 0.5) is 0 Å². The van der Waals surface area contributed by atoms with Gasteiger partial charge in [-0.25, -0.2) is 4.98 Å². The maximum Gasteiger partial charge on any atom is 0.224 e. The van der Waals surface area contributed by atoms with E-state index in [0.717, 1.165) is 12.4 Å². The Balaban J connectivity index is 0. The summed E-state index contributed by atoms with van der Waals surface area (Å²) in [6, 6.07) is 0. The molecule has 0 aromatic carbocycles. The lowest BCUT2D eigenvalue weighted by atomic mass is 10.2. The van der Waals surface area contributed by atoms with Gasteiger partial charge in [0.15, 0.2) is 0 Å². The Labute approximate surface area is 114 Å². The molecule has 1 aromatic heterocycles. The normalized spacial score (nSPS) is 11.0. The number of nitrogens with two attached hydrogens (primary N) is 1. The molecule has 0 spiro atoms. The lowest BCUT2D eigenvalue weighted by molar-refractivity contribution is -0.124. The van der Waals surface area contributed by atoms with E-state index >= 15 is 0 Å². The summed E-state index contributed by atoms with van der Waals surface area (Å²) in [5.74, 6) is 0.847. The Kier molecular flexibility index (Phi) is 10.1. The van der Waals surface area contributed by atoms with Crippen LogP contribution in [0.15, 0.2) is 12.4 Å². The van der Waals surface area contributed by atoms with Crippen molar-refractivity contribution >= 4 is 30.7 Å². The van der Waals surface area contributed by atoms with E-state index in [2.05, 4.69) is 10.3 Å². The van der Waals surface area contributed by atoms with Gasteiger partial charge in [0.1, 0.15) is 5.82 Å². The molecule has 1 amide bonds. The molecule has 0 bridgehead atoms. The van der Waals surface area contributed by atoms with E-state index in [-0.39, 0.29) is 36.6 Å². The highest BCUT2D eigenvalue weighted by molar-refractivity contribution is 5.85. The number of carbonyl (C=O) groups is 1. The summed E-state index contributed by atoms with van der Waals surface area (Å²) in [6.45, 7) is 5.49. The number of nitrogens with zero attached hydrogens (tertiary/aromatic N) is 2. The number of hydrogen-bond donors (Lipinski definition) is 2. The summed E-state index contributed by atoms with van der Waals surface area (Å²) < 4.78 is 1.99. The van der Waals surface area contributed by atoms with Gasteiger partial charge in [-0.1, -0.05) is 6.92 Å². The van der Waals surface area contributed by atoms with Gasteiger partial charge in [-0.2, -0.15) is 0 Å². The van der Waals surface area contributed by atoms with Crippen LogP contribution in [0.2, 0.25) is 0 Å². The minimum absolute atomic E-state index is 0. The number of halogens is 2. The van der Waals surface area contributed by atoms with Crippen LogP contribution in [-0.4, -0.2) is 28.5 Å². The van der Waals surface area contributed by atoms with E-state index in [0.29, 0.717) is 13.1 Å². The molecule has 3 N–H and O–H groups in total. The molecule has 17 heavy (non-hydrogen) atoms. The first-order valence-corrected chi connectivity index (χ1v) is 5.10. The third kappa shape index (κ3) is 5.91. The van der Waals surface area contributed by atoms with Crippen molar-refractivity contribution < 1.29 is 4.79 Å². The van der Waals surface area contributed by atoms with E-state index in [9.17, 15) is 4.79 Å². The molecule has 100 valence electrons. The van der Waals surface area contributed by atoms with Gasteiger partial charge in [0.25, 0.3) is 0 Å². The summed E-state index contributed by atoms with van der Waals surface area (Å²) in [6.07, 6.45) is 3.65. The molecule has 1 heterocycles. The number of hydrogen-bond acceptors (Lipinski definition) is 3. The lowest BCUT2D eigenvalue weighted by Gasteiger charge is -2.10. The zero-order valence-electron chi connectivity index (χ0n) is 10.0. The first-order valence-electron chi connectivity index (χ1n) is 5.10. The van der Waals surface area contributed by atoms with Crippen LogP contribution in [0, 0.1) is 12.8 Å². The maximum atomic E-state index is 11.4. The molecule has 1 atom stereocenters. The monoisotopic (exact) mass is 282 g/mol. The molecule has 7 heteroatoms. The smallest absolute Gasteiger partial charge is 0.224 e. The third-order valence-corrected chi connectivity index (χ3v) is 2.38. The van der Waals surface area contributed by atoms with Crippen molar-refractivity contribution in [2.24, 2.45) is 11.7 Å². The number of carbonyl (C=O) groups excluding carboxylic acids is 1. The summed E-state index contributed by atoms with van der Waals surface area (Å²) >= 11 is 0. The van der Waals surface area contributed by atoms with Crippen LogP contribution in [-0.2, 0) is 11.3 Å². The Morgan fingerprint density at radius 1 is 1.59 bits per heavy atom. The second-order valence-corrected chi connectivity index (χ2v) is 3.60. The molecule has 0 aliphatic heterocycles. The van der Waals surface area contributed by atoms with Crippen molar-refractivity contribution in [2.45, 2.75) is 20.4 Å².